The minimum Gasteiger partial charge on any atom is -0.322 e. The van der Waals surface area contributed by atoms with Crippen molar-refractivity contribution in [1.29, 1.82) is 0 Å². The Kier molecular flexibility index (Phi) is 4.02. The maximum atomic E-state index is 12.8. The average molecular weight is 408 g/mol. The fraction of sp³-hybridized carbons (Fsp3) is 0.263. The second-order valence-corrected chi connectivity index (χ2v) is 7.73. The van der Waals surface area contributed by atoms with Crippen molar-refractivity contribution in [3.8, 4) is 16.9 Å². The summed E-state index contributed by atoms with van der Waals surface area (Å²) < 4.78 is 5.92. The van der Waals surface area contributed by atoms with Crippen molar-refractivity contribution < 1.29 is 14.4 Å². The van der Waals surface area contributed by atoms with Crippen LogP contribution >= 0.6 is 11.5 Å². The number of piperidine rings is 1. The lowest BCUT2D eigenvalue weighted by Crippen LogP contribution is -2.52. The molecule has 2 aliphatic rings. The van der Waals surface area contributed by atoms with Gasteiger partial charge in [-0.05, 0) is 48.6 Å². The van der Waals surface area contributed by atoms with Crippen molar-refractivity contribution in [2.24, 2.45) is 0 Å². The van der Waals surface area contributed by atoms with E-state index in [4.69, 9.17) is 0 Å². The molecule has 1 fully saturated rings. The molecule has 0 aliphatic carbocycles. The number of carbonyl (C=O) groups is 3. The topological polar surface area (TPSA) is 110 Å². The van der Waals surface area contributed by atoms with Crippen LogP contribution in [0.1, 0.15) is 34.5 Å². The maximum absolute atomic E-state index is 12.8. The second-order valence-electron chi connectivity index (χ2n) is 7.10. The molecule has 0 saturated carbocycles. The maximum Gasteiger partial charge on any atom is 0.255 e. The number of aromatic nitrogens is 4. The molecular formula is C19H16N6O3S. The molecule has 2 aliphatic heterocycles. The predicted molar refractivity (Wildman–Crippen MR) is 103 cm³/mol. The number of fused-ring (bicyclic) bond motifs is 1. The van der Waals surface area contributed by atoms with Gasteiger partial charge in [0.25, 0.3) is 5.91 Å². The molecule has 29 heavy (non-hydrogen) atoms. The number of aryl methyl sites for hydroxylation is 1. The van der Waals surface area contributed by atoms with Crippen molar-refractivity contribution >= 4 is 29.3 Å². The van der Waals surface area contributed by atoms with Gasteiger partial charge in [-0.3, -0.25) is 19.7 Å². The highest BCUT2D eigenvalue weighted by molar-refractivity contribution is 7.04. The fourth-order valence-electron chi connectivity index (χ4n) is 3.76. The molecule has 1 N–H and O–H groups in total. The van der Waals surface area contributed by atoms with Crippen LogP contribution in [0.2, 0.25) is 0 Å². The van der Waals surface area contributed by atoms with Crippen LogP contribution in [-0.2, 0) is 16.1 Å². The molecule has 0 radical (unpaired) electrons. The van der Waals surface area contributed by atoms with Crippen molar-refractivity contribution in [1.82, 2.24) is 29.6 Å². The number of nitrogens with one attached hydrogen (secondary N) is 1. The molecule has 0 bridgehead atoms. The van der Waals surface area contributed by atoms with E-state index in [0.29, 0.717) is 18.5 Å². The number of hydrogen-bond donors (Lipinski definition) is 1. The SMILES string of the molecule is Cc1nscc1-c1cn(-c2ccc3c(c2)CN(C2CCC(=O)NC2=O)C3=O)nn1. The number of nitrogens with zero attached hydrogens (tertiary/aromatic N) is 5. The van der Waals surface area contributed by atoms with E-state index in [1.807, 2.05) is 30.6 Å². The van der Waals surface area contributed by atoms with Crippen molar-refractivity contribution in [2.45, 2.75) is 32.4 Å². The van der Waals surface area contributed by atoms with Crippen LogP contribution in [0.15, 0.2) is 29.8 Å². The van der Waals surface area contributed by atoms with Crippen LogP contribution in [0.25, 0.3) is 16.9 Å². The lowest BCUT2D eigenvalue weighted by Gasteiger charge is -2.29. The normalized spacial score (nSPS) is 18.9. The Bertz CT molecular complexity index is 1170. The third kappa shape index (κ3) is 2.92. The summed E-state index contributed by atoms with van der Waals surface area (Å²) in [6.07, 6.45) is 2.41. The van der Waals surface area contributed by atoms with E-state index >= 15 is 0 Å². The largest absolute Gasteiger partial charge is 0.322 e. The molecule has 3 amide bonds. The Morgan fingerprint density at radius 2 is 2.07 bits per heavy atom. The Hall–Kier alpha value is -3.40. The standard InChI is InChI=1S/C19H16N6O3S/c1-10-14(9-29-22-10)15-8-25(23-21-15)12-2-3-13-11(6-12)7-24(19(13)28)16-4-5-17(26)20-18(16)27/h2-3,6,8-9,16H,4-5,7H2,1H3,(H,20,26,27). The number of hydrogen-bond acceptors (Lipinski definition) is 7. The third-order valence-electron chi connectivity index (χ3n) is 5.29. The highest BCUT2D eigenvalue weighted by Crippen LogP contribution is 2.29. The summed E-state index contributed by atoms with van der Waals surface area (Å²) >= 11 is 1.37. The monoisotopic (exact) mass is 408 g/mol. The van der Waals surface area contributed by atoms with Gasteiger partial charge in [-0.2, -0.15) is 4.37 Å². The van der Waals surface area contributed by atoms with Crippen LogP contribution in [0.3, 0.4) is 0 Å². The van der Waals surface area contributed by atoms with Gasteiger partial charge in [-0.1, -0.05) is 5.21 Å². The number of amides is 3. The van der Waals surface area contributed by atoms with Gasteiger partial charge in [0.05, 0.1) is 17.6 Å². The molecule has 9 nitrogen and oxygen atoms in total. The lowest BCUT2D eigenvalue weighted by molar-refractivity contribution is -0.136. The molecule has 1 atom stereocenters. The van der Waals surface area contributed by atoms with Crippen LogP contribution in [0.5, 0.6) is 0 Å². The van der Waals surface area contributed by atoms with Crippen molar-refractivity contribution in [3.05, 3.63) is 46.6 Å². The molecule has 146 valence electrons. The summed E-state index contributed by atoms with van der Waals surface area (Å²) in [4.78, 5) is 37.9. The molecule has 0 spiro atoms. The average Bonchev–Trinajstić information content (AvgIpc) is 3.41. The first-order valence-corrected chi connectivity index (χ1v) is 9.96. The van der Waals surface area contributed by atoms with Gasteiger partial charge >= 0.3 is 0 Å². The first kappa shape index (κ1) is 17.7. The molecule has 2 aromatic heterocycles. The van der Waals surface area contributed by atoms with E-state index in [9.17, 15) is 14.4 Å². The second kappa shape index (κ2) is 6.59. The van der Waals surface area contributed by atoms with E-state index in [2.05, 4.69) is 20.0 Å². The molecule has 1 saturated heterocycles. The Morgan fingerprint density at radius 3 is 2.83 bits per heavy atom. The van der Waals surface area contributed by atoms with Gasteiger partial charge in [-0.25, -0.2) is 4.68 Å². The van der Waals surface area contributed by atoms with Crippen LogP contribution in [0.4, 0.5) is 0 Å². The van der Waals surface area contributed by atoms with Crippen molar-refractivity contribution in [3.63, 3.8) is 0 Å². The summed E-state index contributed by atoms with van der Waals surface area (Å²) in [5, 5.41) is 12.7. The fourth-order valence-corrected chi connectivity index (χ4v) is 4.46. The predicted octanol–water partition coefficient (Wildman–Crippen LogP) is 1.46. The van der Waals surface area contributed by atoms with E-state index in [0.717, 1.165) is 28.2 Å². The summed E-state index contributed by atoms with van der Waals surface area (Å²) in [6, 6.07) is 4.82. The molecule has 1 aromatic carbocycles. The van der Waals surface area contributed by atoms with Gasteiger partial charge in [0.2, 0.25) is 11.8 Å². The van der Waals surface area contributed by atoms with Crippen LogP contribution < -0.4 is 5.32 Å². The van der Waals surface area contributed by atoms with Gasteiger partial charge in [0, 0.05) is 29.5 Å². The smallest absolute Gasteiger partial charge is 0.255 e. The van der Waals surface area contributed by atoms with Crippen molar-refractivity contribution in [2.75, 3.05) is 0 Å². The third-order valence-corrected chi connectivity index (χ3v) is 6.01. The zero-order valence-electron chi connectivity index (χ0n) is 15.5. The lowest BCUT2D eigenvalue weighted by atomic mass is 10.0. The van der Waals surface area contributed by atoms with E-state index in [1.165, 1.54) is 16.4 Å². The molecule has 3 aromatic rings. The minimum atomic E-state index is -0.622. The van der Waals surface area contributed by atoms with E-state index in [-0.39, 0.29) is 18.2 Å². The van der Waals surface area contributed by atoms with Gasteiger partial charge in [-0.15, -0.1) is 5.10 Å². The summed E-state index contributed by atoms with van der Waals surface area (Å²) in [5.41, 5.74) is 4.75. The van der Waals surface area contributed by atoms with E-state index < -0.39 is 11.9 Å². The zero-order chi connectivity index (χ0) is 20.1. The highest BCUT2D eigenvalue weighted by Gasteiger charge is 2.39. The minimum absolute atomic E-state index is 0.194. The Balaban J connectivity index is 1.42. The summed E-state index contributed by atoms with van der Waals surface area (Å²) in [7, 11) is 0. The highest BCUT2D eigenvalue weighted by atomic mass is 32.1. The number of imide groups is 1. The molecule has 4 heterocycles. The number of benzene rings is 1. The van der Waals surface area contributed by atoms with Gasteiger partial charge in [0.1, 0.15) is 11.7 Å². The van der Waals surface area contributed by atoms with Crippen LogP contribution in [0, 0.1) is 6.92 Å². The Morgan fingerprint density at radius 1 is 1.21 bits per heavy atom. The molecular weight excluding hydrogens is 392 g/mol. The molecule has 5 rings (SSSR count). The summed E-state index contributed by atoms with van der Waals surface area (Å²) in [6.45, 7) is 2.25. The Labute approximate surface area is 169 Å². The summed E-state index contributed by atoms with van der Waals surface area (Å²) in [5.74, 6) is -0.903. The molecule has 1 unspecified atom stereocenters. The van der Waals surface area contributed by atoms with Gasteiger partial charge < -0.3 is 4.90 Å². The van der Waals surface area contributed by atoms with Gasteiger partial charge in [0.15, 0.2) is 0 Å². The van der Waals surface area contributed by atoms with E-state index in [1.54, 1.807) is 10.7 Å². The zero-order valence-corrected chi connectivity index (χ0v) is 16.3. The first-order valence-electron chi connectivity index (χ1n) is 9.13. The van der Waals surface area contributed by atoms with Crippen LogP contribution in [-0.4, -0.2) is 48.0 Å². The number of carbonyl (C=O) groups excluding carboxylic acids is 3. The first-order chi connectivity index (χ1) is 14.0. The molecule has 10 heteroatoms. The number of rotatable bonds is 3. The quantitative estimate of drug-likeness (QED) is 0.657.